The van der Waals surface area contributed by atoms with Gasteiger partial charge in [0.2, 0.25) is 5.91 Å². The largest absolute Gasteiger partial charge is 0.353 e. The van der Waals surface area contributed by atoms with Crippen LogP contribution in [0.1, 0.15) is 31.2 Å². The first kappa shape index (κ1) is 13.0. The van der Waals surface area contributed by atoms with Crippen LogP contribution in [0.3, 0.4) is 0 Å². The van der Waals surface area contributed by atoms with Crippen LogP contribution in [-0.4, -0.2) is 18.0 Å². The number of rotatable bonds is 3. The van der Waals surface area contributed by atoms with Crippen molar-refractivity contribution in [3.63, 3.8) is 0 Å². The van der Waals surface area contributed by atoms with Crippen molar-refractivity contribution in [1.29, 1.82) is 0 Å². The summed E-state index contributed by atoms with van der Waals surface area (Å²) in [6, 6.07) is 6.58. The molecule has 1 aliphatic rings. The van der Waals surface area contributed by atoms with Gasteiger partial charge in [0.1, 0.15) is 5.82 Å². The van der Waals surface area contributed by atoms with Gasteiger partial charge < -0.3 is 11.1 Å². The van der Waals surface area contributed by atoms with E-state index in [0.29, 0.717) is 6.42 Å². The first-order valence-corrected chi connectivity index (χ1v) is 6.43. The molecule has 3 N–H and O–H groups in total. The number of nitrogens with one attached hydrogen (secondary N) is 1. The number of benzene rings is 1. The molecule has 1 fully saturated rings. The summed E-state index contributed by atoms with van der Waals surface area (Å²) in [6.07, 6.45) is 4.17. The molecule has 0 atom stereocenters. The third-order valence-electron chi connectivity index (χ3n) is 3.41. The molecule has 0 saturated heterocycles. The lowest BCUT2D eigenvalue weighted by Crippen LogP contribution is -2.41. The third-order valence-corrected chi connectivity index (χ3v) is 3.41. The molecule has 0 aliphatic heterocycles. The van der Waals surface area contributed by atoms with Crippen molar-refractivity contribution < 1.29 is 9.18 Å². The topological polar surface area (TPSA) is 55.1 Å². The fourth-order valence-electron chi connectivity index (χ4n) is 2.33. The number of halogens is 1. The molecule has 2 rings (SSSR count). The highest BCUT2D eigenvalue weighted by Gasteiger charge is 2.19. The van der Waals surface area contributed by atoms with Crippen LogP contribution in [0.5, 0.6) is 0 Å². The molecule has 4 heteroatoms. The maximum Gasteiger partial charge on any atom is 0.224 e. The quantitative estimate of drug-likeness (QED) is 0.858. The van der Waals surface area contributed by atoms with Gasteiger partial charge in [-0.1, -0.05) is 12.1 Å². The van der Waals surface area contributed by atoms with Crippen LogP contribution >= 0.6 is 0 Å². The monoisotopic (exact) mass is 250 g/mol. The van der Waals surface area contributed by atoms with E-state index in [2.05, 4.69) is 5.32 Å². The van der Waals surface area contributed by atoms with Gasteiger partial charge in [0.15, 0.2) is 0 Å². The summed E-state index contributed by atoms with van der Waals surface area (Å²) in [4.78, 5) is 11.8. The molecule has 98 valence electrons. The van der Waals surface area contributed by atoms with Crippen LogP contribution in [0.2, 0.25) is 0 Å². The van der Waals surface area contributed by atoms with Gasteiger partial charge in [0.05, 0.1) is 6.42 Å². The van der Waals surface area contributed by atoms with Crippen molar-refractivity contribution in [3.05, 3.63) is 35.6 Å². The average molecular weight is 250 g/mol. The molecule has 1 aromatic carbocycles. The van der Waals surface area contributed by atoms with Gasteiger partial charge >= 0.3 is 0 Å². The minimum Gasteiger partial charge on any atom is -0.353 e. The molecule has 18 heavy (non-hydrogen) atoms. The standard InChI is InChI=1S/C14H19FN2O/c15-11-3-1-10(2-4-11)9-14(18)17-13-7-5-12(16)6-8-13/h1-4,12-13H,5-9,16H2,(H,17,18)/t12-,13-. The highest BCUT2D eigenvalue weighted by atomic mass is 19.1. The smallest absolute Gasteiger partial charge is 0.224 e. The Morgan fingerprint density at radius 1 is 1.22 bits per heavy atom. The van der Waals surface area contributed by atoms with Crippen LogP contribution in [-0.2, 0) is 11.2 Å². The molecule has 0 aromatic heterocycles. The Balaban J connectivity index is 1.80. The number of hydrogen-bond donors (Lipinski definition) is 2. The molecule has 0 heterocycles. The molecule has 3 nitrogen and oxygen atoms in total. The highest BCUT2D eigenvalue weighted by molar-refractivity contribution is 5.78. The molecular weight excluding hydrogens is 231 g/mol. The predicted molar refractivity (Wildman–Crippen MR) is 68.5 cm³/mol. The van der Waals surface area contributed by atoms with E-state index < -0.39 is 0 Å². The average Bonchev–Trinajstić information content (AvgIpc) is 2.35. The van der Waals surface area contributed by atoms with E-state index in [1.54, 1.807) is 12.1 Å². The van der Waals surface area contributed by atoms with Crippen molar-refractivity contribution in [1.82, 2.24) is 5.32 Å². The first-order chi connectivity index (χ1) is 8.63. The second-order valence-corrected chi connectivity index (χ2v) is 4.98. The van der Waals surface area contributed by atoms with Crippen LogP contribution in [0.25, 0.3) is 0 Å². The zero-order valence-corrected chi connectivity index (χ0v) is 10.4. The summed E-state index contributed by atoms with van der Waals surface area (Å²) >= 11 is 0. The lowest BCUT2D eigenvalue weighted by atomic mass is 9.91. The number of nitrogens with two attached hydrogens (primary N) is 1. The molecular formula is C14H19FN2O. The minimum atomic E-state index is -0.277. The van der Waals surface area contributed by atoms with E-state index in [1.165, 1.54) is 12.1 Å². The number of carbonyl (C=O) groups excluding carboxylic acids is 1. The van der Waals surface area contributed by atoms with E-state index in [4.69, 9.17) is 5.73 Å². The maximum absolute atomic E-state index is 12.7. The molecule has 1 aliphatic carbocycles. The van der Waals surface area contributed by atoms with E-state index in [0.717, 1.165) is 31.2 Å². The van der Waals surface area contributed by atoms with Gasteiger partial charge in [-0.05, 0) is 43.4 Å². The van der Waals surface area contributed by atoms with E-state index in [-0.39, 0.29) is 23.8 Å². The Kier molecular flexibility index (Phi) is 4.31. The van der Waals surface area contributed by atoms with Gasteiger partial charge in [0.25, 0.3) is 0 Å². The van der Waals surface area contributed by atoms with E-state index in [1.807, 2.05) is 0 Å². The second kappa shape index (κ2) is 5.96. The summed E-state index contributed by atoms with van der Waals surface area (Å²) in [5, 5.41) is 3.01. The number of carbonyl (C=O) groups is 1. The zero-order valence-electron chi connectivity index (χ0n) is 10.4. The molecule has 1 aromatic rings. The van der Waals surface area contributed by atoms with Crippen LogP contribution in [0, 0.1) is 5.82 Å². The van der Waals surface area contributed by atoms with Gasteiger partial charge in [-0.2, -0.15) is 0 Å². The lowest BCUT2D eigenvalue weighted by Gasteiger charge is -2.26. The van der Waals surface area contributed by atoms with Gasteiger partial charge in [0, 0.05) is 12.1 Å². The molecule has 0 spiro atoms. The lowest BCUT2D eigenvalue weighted by molar-refractivity contribution is -0.121. The van der Waals surface area contributed by atoms with Crippen molar-refractivity contribution in [3.8, 4) is 0 Å². The van der Waals surface area contributed by atoms with E-state index >= 15 is 0 Å². The molecule has 1 amide bonds. The van der Waals surface area contributed by atoms with Crippen molar-refractivity contribution in [2.45, 2.75) is 44.2 Å². The normalized spacial score (nSPS) is 23.7. The number of amides is 1. The Morgan fingerprint density at radius 2 is 1.83 bits per heavy atom. The summed E-state index contributed by atoms with van der Waals surface area (Å²) in [5.74, 6) is -0.275. The predicted octanol–water partition coefficient (Wildman–Crippen LogP) is 1.75. The van der Waals surface area contributed by atoms with Crippen molar-refractivity contribution in [2.24, 2.45) is 5.73 Å². The molecule has 0 bridgehead atoms. The van der Waals surface area contributed by atoms with Gasteiger partial charge in [-0.15, -0.1) is 0 Å². The fourth-order valence-corrected chi connectivity index (χ4v) is 2.33. The molecule has 0 radical (unpaired) electrons. The highest BCUT2D eigenvalue weighted by Crippen LogP contribution is 2.17. The minimum absolute atomic E-state index is 0.00193. The Morgan fingerprint density at radius 3 is 2.44 bits per heavy atom. The van der Waals surface area contributed by atoms with Crippen molar-refractivity contribution >= 4 is 5.91 Å². The molecule has 1 saturated carbocycles. The van der Waals surface area contributed by atoms with Crippen LogP contribution in [0.4, 0.5) is 4.39 Å². The summed E-state index contributed by atoms with van der Waals surface area (Å²) in [5.41, 5.74) is 6.65. The van der Waals surface area contributed by atoms with E-state index in [9.17, 15) is 9.18 Å². The third kappa shape index (κ3) is 3.81. The zero-order chi connectivity index (χ0) is 13.0. The summed E-state index contributed by atoms with van der Waals surface area (Å²) in [6.45, 7) is 0. The second-order valence-electron chi connectivity index (χ2n) is 4.98. The van der Waals surface area contributed by atoms with Gasteiger partial charge in [-0.3, -0.25) is 4.79 Å². The van der Waals surface area contributed by atoms with Gasteiger partial charge in [-0.25, -0.2) is 4.39 Å². The van der Waals surface area contributed by atoms with Crippen molar-refractivity contribution in [2.75, 3.05) is 0 Å². The summed E-state index contributed by atoms with van der Waals surface area (Å²) in [7, 11) is 0. The SMILES string of the molecule is N[C@H]1CC[C@H](NC(=O)Cc2ccc(F)cc2)CC1. The summed E-state index contributed by atoms with van der Waals surface area (Å²) < 4.78 is 12.7. The van der Waals surface area contributed by atoms with Crippen LogP contribution in [0.15, 0.2) is 24.3 Å². The maximum atomic E-state index is 12.7. The first-order valence-electron chi connectivity index (χ1n) is 6.43. The number of hydrogen-bond acceptors (Lipinski definition) is 2. The Hall–Kier alpha value is -1.42. The Labute approximate surface area is 107 Å². The Bertz CT molecular complexity index is 397. The van der Waals surface area contributed by atoms with Crippen LogP contribution < -0.4 is 11.1 Å². The molecule has 0 unspecified atom stereocenters. The fraction of sp³-hybridized carbons (Fsp3) is 0.500.